The molecule has 0 aliphatic rings. The average Bonchev–Trinajstić information content (AvgIpc) is 2.78. The second-order valence-corrected chi connectivity index (χ2v) is 4.79. The molecular formula is C13H16ClN5O. The number of aromatic nitrogens is 3. The van der Waals surface area contributed by atoms with Gasteiger partial charge in [0.1, 0.15) is 11.2 Å². The Morgan fingerprint density at radius 3 is 2.95 bits per heavy atom. The maximum atomic E-state index is 12.1. The van der Waals surface area contributed by atoms with Crippen LogP contribution in [0.4, 0.5) is 5.69 Å². The highest BCUT2D eigenvalue weighted by Gasteiger charge is 2.21. The van der Waals surface area contributed by atoms with E-state index in [9.17, 15) is 4.79 Å². The Hall–Kier alpha value is -2.08. The van der Waals surface area contributed by atoms with Crippen LogP contribution >= 0.6 is 11.6 Å². The number of H-pyrrole nitrogens is 1. The minimum absolute atomic E-state index is 0.00625. The molecule has 0 radical (unpaired) electrons. The molecule has 0 saturated heterocycles. The topological polar surface area (TPSA) is 66.3 Å². The van der Waals surface area contributed by atoms with Gasteiger partial charge in [0, 0.05) is 19.0 Å². The molecule has 0 aliphatic heterocycles. The maximum Gasteiger partial charge on any atom is 0.327 e. The van der Waals surface area contributed by atoms with Crippen LogP contribution in [0, 0.1) is 0 Å². The van der Waals surface area contributed by atoms with Gasteiger partial charge in [-0.1, -0.05) is 25.1 Å². The van der Waals surface area contributed by atoms with E-state index in [0.717, 1.165) is 6.42 Å². The summed E-state index contributed by atoms with van der Waals surface area (Å²) in [5.41, 5.74) is 1.38. The summed E-state index contributed by atoms with van der Waals surface area (Å²) in [7, 11) is 0. The first kappa shape index (κ1) is 14.3. The summed E-state index contributed by atoms with van der Waals surface area (Å²) in [4.78, 5) is 19.0. The van der Waals surface area contributed by atoms with Gasteiger partial charge in [0.25, 0.3) is 0 Å². The van der Waals surface area contributed by atoms with Crippen molar-refractivity contribution in [1.82, 2.24) is 14.5 Å². The Kier molecular flexibility index (Phi) is 3.94. The second-order valence-electron chi connectivity index (χ2n) is 4.38. The van der Waals surface area contributed by atoms with Gasteiger partial charge in [-0.25, -0.2) is 14.8 Å². The first-order chi connectivity index (χ1) is 9.54. The Balaban J connectivity index is 2.91. The molecule has 0 bridgehead atoms. The van der Waals surface area contributed by atoms with Crippen molar-refractivity contribution in [2.24, 2.45) is 5.10 Å². The summed E-state index contributed by atoms with van der Waals surface area (Å²) >= 11 is 6.22. The lowest BCUT2D eigenvalue weighted by molar-refractivity contribution is 0.530. The zero-order valence-corrected chi connectivity index (χ0v) is 12.2. The van der Waals surface area contributed by atoms with Crippen molar-refractivity contribution >= 4 is 35.2 Å². The molecule has 20 heavy (non-hydrogen) atoms. The first-order valence-electron chi connectivity index (χ1n) is 6.22. The number of aromatic amines is 1. The van der Waals surface area contributed by atoms with Gasteiger partial charge in [0.15, 0.2) is 5.65 Å². The van der Waals surface area contributed by atoms with Gasteiger partial charge in [-0.05, 0) is 13.3 Å². The largest absolute Gasteiger partial charge is 0.327 e. The molecule has 2 aromatic rings. The maximum absolute atomic E-state index is 12.1. The Morgan fingerprint density at radius 2 is 2.40 bits per heavy atom. The molecule has 0 aliphatic carbocycles. The molecular weight excluding hydrogens is 278 g/mol. The fraction of sp³-hybridized carbons (Fsp3) is 0.308. The molecule has 0 unspecified atom stereocenters. The molecule has 6 nitrogen and oxygen atoms in total. The smallest absolute Gasteiger partial charge is 0.290 e. The predicted octanol–water partition coefficient (Wildman–Crippen LogP) is 2.91. The van der Waals surface area contributed by atoms with Crippen LogP contribution in [-0.2, 0) is 0 Å². The molecule has 7 heteroatoms. The third-order valence-electron chi connectivity index (χ3n) is 3.25. The summed E-state index contributed by atoms with van der Waals surface area (Å²) < 4.78 is 1.63. The van der Waals surface area contributed by atoms with Crippen molar-refractivity contribution in [2.75, 3.05) is 5.01 Å². The summed E-state index contributed by atoms with van der Waals surface area (Å²) in [6, 6.07) is 0.00625. The van der Waals surface area contributed by atoms with Gasteiger partial charge in [0.05, 0.1) is 11.2 Å². The summed E-state index contributed by atoms with van der Waals surface area (Å²) in [6.07, 6.45) is 3.75. The van der Waals surface area contributed by atoms with Crippen LogP contribution in [0.2, 0.25) is 5.02 Å². The predicted molar refractivity (Wildman–Crippen MR) is 82.6 cm³/mol. The molecule has 2 rings (SSSR count). The van der Waals surface area contributed by atoms with E-state index in [1.807, 2.05) is 13.8 Å². The summed E-state index contributed by atoms with van der Waals surface area (Å²) in [5, 5.41) is 5.65. The number of rotatable bonds is 5. The zero-order valence-electron chi connectivity index (χ0n) is 11.4. The molecule has 0 spiro atoms. The number of hydrogen-bond donors (Lipinski definition) is 1. The van der Waals surface area contributed by atoms with Crippen LogP contribution < -0.4 is 10.7 Å². The summed E-state index contributed by atoms with van der Waals surface area (Å²) in [6.45, 7) is 11.1. The Bertz CT molecular complexity index is 709. The summed E-state index contributed by atoms with van der Waals surface area (Å²) in [5.74, 6) is 0. The van der Waals surface area contributed by atoms with E-state index in [2.05, 4.69) is 28.4 Å². The normalized spacial score (nSPS) is 12.3. The van der Waals surface area contributed by atoms with Gasteiger partial charge < -0.3 is 0 Å². The fourth-order valence-electron chi connectivity index (χ4n) is 2.09. The number of nitrogens with zero attached hydrogens (tertiary/aromatic N) is 4. The van der Waals surface area contributed by atoms with Crippen molar-refractivity contribution in [3.8, 4) is 0 Å². The molecule has 2 aromatic heterocycles. The third kappa shape index (κ3) is 2.12. The standard InChI is InChI=1S/C13H16ClN5O/c1-5-8(3)19-11-10(18(6-2)15-4)9(14)7-16-12(11)17-13(19)20/h6-8H,2,4-5H2,1,3H3,(H,16,17,20)/t8-/m1/s1. The number of hydrogen-bond acceptors (Lipinski definition) is 4. The van der Waals surface area contributed by atoms with Crippen molar-refractivity contribution in [2.45, 2.75) is 26.3 Å². The van der Waals surface area contributed by atoms with Crippen molar-refractivity contribution in [3.05, 3.63) is 34.5 Å². The highest BCUT2D eigenvalue weighted by molar-refractivity contribution is 6.34. The molecule has 106 valence electrons. The van der Waals surface area contributed by atoms with Crippen LogP contribution in [0.3, 0.4) is 0 Å². The number of anilines is 1. The lowest BCUT2D eigenvalue weighted by atomic mass is 10.2. The molecule has 0 fully saturated rings. The zero-order chi connectivity index (χ0) is 14.9. The van der Waals surface area contributed by atoms with E-state index in [1.54, 1.807) is 4.57 Å². The highest BCUT2D eigenvalue weighted by atomic mass is 35.5. The van der Waals surface area contributed by atoms with Crippen LogP contribution in [-0.4, -0.2) is 21.3 Å². The number of fused-ring (bicyclic) bond motifs is 1. The van der Waals surface area contributed by atoms with E-state index >= 15 is 0 Å². The van der Waals surface area contributed by atoms with Gasteiger partial charge in [-0.2, -0.15) is 5.10 Å². The van der Waals surface area contributed by atoms with E-state index < -0.39 is 0 Å². The van der Waals surface area contributed by atoms with Crippen molar-refractivity contribution < 1.29 is 0 Å². The monoisotopic (exact) mass is 293 g/mol. The van der Waals surface area contributed by atoms with Crippen LogP contribution in [0.5, 0.6) is 0 Å². The molecule has 0 saturated carbocycles. The number of pyridine rings is 1. The molecule has 0 aromatic carbocycles. The first-order valence-corrected chi connectivity index (χ1v) is 6.60. The fourth-order valence-corrected chi connectivity index (χ4v) is 2.32. The van der Waals surface area contributed by atoms with E-state index in [0.29, 0.717) is 21.9 Å². The van der Waals surface area contributed by atoms with Gasteiger partial charge in [0.2, 0.25) is 0 Å². The van der Waals surface area contributed by atoms with E-state index in [1.165, 1.54) is 17.4 Å². The van der Waals surface area contributed by atoms with Gasteiger partial charge in [-0.3, -0.25) is 9.55 Å². The van der Waals surface area contributed by atoms with Crippen LogP contribution in [0.25, 0.3) is 11.2 Å². The highest BCUT2D eigenvalue weighted by Crippen LogP contribution is 2.33. The van der Waals surface area contributed by atoms with Crippen LogP contribution in [0.15, 0.2) is 28.9 Å². The second kappa shape index (κ2) is 5.50. The number of hydrazone groups is 1. The van der Waals surface area contributed by atoms with Gasteiger partial charge >= 0.3 is 5.69 Å². The Morgan fingerprint density at radius 1 is 1.70 bits per heavy atom. The Labute approximate surface area is 121 Å². The minimum atomic E-state index is -0.224. The number of imidazole rings is 1. The van der Waals surface area contributed by atoms with Crippen LogP contribution in [0.1, 0.15) is 26.3 Å². The van der Waals surface area contributed by atoms with E-state index in [-0.39, 0.29) is 11.7 Å². The molecule has 1 N–H and O–H groups in total. The minimum Gasteiger partial charge on any atom is -0.290 e. The SMILES string of the molecule is C=CN(N=C)c1c(Cl)cnc2[nH]c(=O)n([C@H](C)CC)c12. The number of halogens is 1. The quantitative estimate of drug-likeness (QED) is 0.681. The van der Waals surface area contributed by atoms with Gasteiger partial charge in [-0.15, -0.1) is 0 Å². The third-order valence-corrected chi connectivity index (χ3v) is 3.53. The number of nitrogens with one attached hydrogen (secondary N) is 1. The molecule has 1 atom stereocenters. The lowest BCUT2D eigenvalue weighted by Gasteiger charge is -2.18. The average molecular weight is 294 g/mol. The lowest BCUT2D eigenvalue weighted by Crippen LogP contribution is -2.21. The molecule has 2 heterocycles. The van der Waals surface area contributed by atoms with Crippen molar-refractivity contribution in [3.63, 3.8) is 0 Å². The van der Waals surface area contributed by atoms with Crippen molar-refractivity contribution in [1.29, 1.82) is 0 Å². The van der Waals surface area contributed by atoms with E-state index in [4.69, 9.17) is 11.6 Å². The molecule has 0 amide bonds.